The van der Waals surface area contributed by atoms with Crippen LogP contribution in [-0.4, -0.2) is 53.4 Å². The number of hydrogen-bond donors (Lipinski definition) is 3. The molecule has 0 aromatic heterocycles. The zero-order valence-corrected chi connectivity index (χ0v) is 14.3. The van der Waals surface area contributed by atoms with E-state index in [0.29, 0.717) is 24.6 Å². The van der Waals surface area contributed by atoms with Crippen LogP contribution in [-0.2, 0) is 17.7 Å². The van der Waals surface area contributed by atoms with Crippen molar-refractivity contribution in [3.05, 3.63) is 34.6 Å². The number of amides is 1. The minimum atomic E-state index is -0.689. The first kappa shape index (κ1) is 16.9. The third-order valence-corrected chi connectivity index (χ3v) is 5.87. The highest BCUT2D eigenvalue weighted by Gasteiger charge is 2.48. The van der Waals surface area contributed by atoms with Crippen LogP contribution in [0.2, 0.25) is 0 Å². The number of carbonyl (C=O) groups excluding carboxylic acids is 1. The molecule has 3 aliphatic heterocycles. The fourth-order valence-electron chi connectivity index (χ4n) is 4.52. The molecule has 3 heterocycles. The molecule has 0 radical (unpaired) electrons. The Kier molecular flexibility index (Phi) is 4.27. The lowest BCUT2D eigenvalue weighted by molar-refractivity contribution is -0.0423. The normalized spacial score (nSPS) is 31.2. The molecule has 136 valence electrons. The molecular formula is C18H24FN3O3. The van der Waals surface area contributed by atoms with E-state index in [2.05, 4.69) is 17.1 Å². The predicted octanol–water partition coefficient (Wildman–Crippen LogP) is 1.21. The molecule has 0 unspecified atom stereocenters. The average Bonchev–Trinajstić information content (AvgIpc) is 3.20. The molecule has 2 fully saturated rings. The number of carbonyl (C=O) groups is 1. The minimum Gasteiger partial charge on any atom is -0.371 e. The van der Waals surface area contributed by atoms with Gasteiger partial charge in [0.05, 0.1) is 12.2 Å². The third kappa shape index (κ3) is 2.95. The van der Waals surface area contributed by atoms with E-state index in [0.717, 1.165) is 38.1 Å². The Morgan fingerprint density at radius 1 is 1.56 bits per heavy atom. The van der Waals surface area contributed by atoms with Gasteiger partial charge in [-0.15, -0.1) is 0 Å². The van der Waals surface area contributed by atoms with Gasteiger partial charge >= 0.3 is 0 Å². The lowest BCUT2D eigenvalue weighted by atomic mass is 9.89. The summed E-state index contributed by atoms with van der Waals surface area (Å²) in [5, 5.41) is 12.3. The molecule has 6 nitrogen and oxygen atoms in total. The van der Waals surface area contributed by atoms with Crippen molar-refractivity contribution >= 4 is 5.91 Å². The van der Waals surface area contributed by atoms with Gasteiger partial charge in [0.2, 0.25) is 0 Å². The van der Waals surface area contributed by atoms with Gasteiger partial charge in [0.15, 0.2) is 0 Å². The second-order valence-corrected chi connectivity index (χ2v) is 7.48. The topological polar surface area (TPSA) is 73.8 Å². The molecule has 7 heteroatoms. The van der Waals surface area contributed by atoms with Crippen molar-refractivity contribution in [2.75, 3.05) is 19.7 Å². The second kappa shape index (κ2) is 6.32. The Labute approximate surface area is 146 Å². The molecule has 3 aliphatic rings. The summed E-state index contributed by atoms with van der Waals surface area (Å²) in [4.78, 5) is 14.0. The molecule has 0 aliphatic carbocycles. The molecule has 3 N–H and O–H groups in total. The summed E-state index contributed by atoms with van der Waals surface area (Å²) in [6.45, 7) is 5.14. The zero-order chi connectivity index (χ0) is 17.6. The Balaban J connectivity index is 1.61. The van der Waals surface area contributed by atoms with E-state index in [-0.39, 0.29) is 23.0 Å². The highest BCUT2D eigenvalue weighted by atomic mass is 19.1. The summed E-state index contributed by atoms with van der Waals surface area (Å²) in [5.41, 5.74) is 3.08. The summed E-state index contributed by atoms with van der Waals surface area (Å²) in [6, 6.07) is 3.61. The van der Waals surface area contributed by atoms with Crippen LogP contribution in [0.15, 0.2) is 12.1 Å². The zero-order valence-electron chi connectivity index (χ0n) is 14.3. The Morgan fingerprint density at radius 2 is 2.40 bits per heavy atom. The van der Waals surface area contributed by atoms with Crippen molar-refractivity contribution in [2.24, 2.45) is 0 Å². The number of ether oxygens (including phenoxy) is 1. The van der Waals surface area contributed by atoms with Gasteiger partial charge in [-0.3, -0.25) is 14.9 Å². The van der Waals surface area contributed by atoms with E-state index in [1.807, 2.05) is 0 Å². The number of benzene rings is 1. The van der Waals surface area contributed by atoms with Gasteiger partial charge in [-0.1, -0.05) is 6.92 Å². The van der Waals surface area contributed by atoms with Crippen LogP contribution in [0, 0.1) is 5.82 Å². The van der Waals surface area contributed by atoms with Gasteiger partial charge in [0.1, 0.15) is 5.82 Å². The Hall–Kier alpha value is -1.54. The largest absolute Gasteiger partial charge is 0.371 e. The van der Waals surface area contributed by atoms with Gasteiger partial charge in [0, 0.05) is 37.3 Å². The lowest BCUT2D eigenvalue weighted by Crippen LogP contribution is -2.52. The number of hydroxylamine groups is 1. The lowest BCUT2D eigenvalue weighted by Gasteiger charge is -2.41. The van der Waals surface area contributed by atoms with E-state index in [1.54, 1.807) is 11.5 Å². The fourth-order valence-corrected chi connectivity index (χ4v) is 4.52. The monoisotopic (exact) mass is 349 g/mol. The number of fused-ring (bicyclic) bond motifs is 3. The van der Waals surface area contributed by atoms with Crippen molar-refractivity contribution in [1.82, 2.24) is 15.7 Å². The number of morpholine rings is 1. The van der Waals surface area contributed by atoms with E-state index < -0.39 is 5.91 Å². The van der Waals surface area contributed by atoms with Crippen molar-refractivity contribution in [2.45, 2.75) is 50.4 Å². The van der Waals surface area contributed by atoms with Gasteiger partial charge in [-0.2, -0.15) is 0 Å². The highest BCUT2D eigenvalue weighted by molar-refractivity contribution is 5.93. The molecule has 2 bridgehead atoms. The minimum absolute atomic E-state index is 0.145. The van der Waals surface area contributed by atoms with E-state index >= 15 is 0 Å². The molecule has 1 amide bonds. The second-order valence-electron chi connectivity index (χ2n) is 7.48. The third-order valence-electron chi connectivity index (χ3n) is 5.87. The van der Waals surface area contributed by atoms with Crippen molar-refractivity contribution in [3.63, 3.8) is 0 Å². The van der Waals surface area contributed by atoms with Gasteiger partial charge in [-0.05, 0) is 42.5 Å². The van der Waals surface area contributed by atoms with E-state index in [4.69, 9.17) is 9.94 Å². The number of nitrogens with zero attached hydrogens (tertiary/aromatic N) is 1. The SMILES string of the molecule is CC[C@@H]1Cc2c(F)cc(C(=O)NO)cc2CN1C[C@@]12CN[C@@H](CO1)C2. The van der Waals surface area contributed by atoms with Crippen molar-refractivity contribution in [3.8, 4) is 0 Å². The fraction of sp³-hybridized carbons (Fsp3) is 0.611. The summed E-state index contributed by atoms with van der Waals surface area (Å²) < 4.78 is 20.6. The van der Waals surface area contributed by atoms with E-state index in [9.17, 15) is 9.18 Å². The quantitative estimate of drug-likeness (QED) is 0.563. The molecule has 1 aromatic carbocycles. The molecule has 1 aromatic rings. The number of rotatable bonds is 4. The molecular weight excluding hydrogens is 325 g/mol. The highest BCUT2D eigenvalue weighted by Crippen LogP contribution is 2.35. The summed E-state index contributed by atoms with van der Waals surface area (Å²) in [5.74, 6) is -1.06. The maximum atomic E-state index is 14.5. The summed E-state index contributed by atoms with van der Waals surface area (Å²) in [6.07, 6.45) is 2.59. The molecule has 25 heavy (non-hydrogen) atoms. The van der Waals surface area contributed by atoms with Crippen LogP contribution >= 0.6 is 0 Å². The Bertz CT molecular complexity index is 688. The van der Waals surface area contributed by atoms with Gasteiger partial charge in [-0.25, -0.2) is 9.87 Å². The first-order valence-corrected chi connectivity index (χ1v) is 8.90. The summed E-state index contributed by atoms with van der Waals surface area (Å²) in [7, 11) is 0. The van der Waals surface area contributed by atoms with Crippen LogP contribution in [0.1, 0.15) is 41.3 Å². The maximum absolute atomic E-state index is 14.5. The average molecular weight is 349 g/mol. The standard InChI is InChI=1S/C18H24FN3O3/c1-2-14-5-15-12(3-11(4-16(15)19)17(23)21-24)7-22(14)10-18-6-13(8-25-18)20-9-18/h3-4,13-14,20,24H,2,5-10H2,1H3,(H,21,23)/t13-,14-,18-/m1/s1. The molecule has 3 atom stereocenters. The maximum Gasteiger partial charge on any atom is 0.274 e. The van der Waals surface area contributed by atoms with Crippen LogP contribution in [0.5, 0.6) is 0 Å². The first-order valence-electron chi connectivity index (χ1n) is 8.90. The summed E-state index contributed by atoms with van der Waals surface area (Å²) >= 11 is 0. The van der Waals surface area contributed by atoms with E-state index in [1.165, 1.54) is 6.07 Å². The van der Waals surface area contributed by atoms with Crippen molar-refractivity contribution < 1.29 is 19.1 Å². The smallest absolute Gasteiger partial charge is 0.274 e. The Morgan fingerprint density at radius 3 is 3.00 bits per heavy atom. The molecule has 0 spiro atoms. The van der Waals surface area contributed by atoms with Gasteiger partial charge < -0.3 is 10.1 Å². The first-order chi connectivity index (χ1) is 12.0. The van der Waals surface area contributed by atoms with Crippen LogP contribution in [0.25, 0.3) is 0 Å². The van der Waals surface area contributed by atoms with Crippen LogP contribution in [0.3, 0.4) is 0 Å². The predicted molar refractivity (Wildman–Crippen MR) is 88.9 cm³/mol. The van der Waals surface area contributed by atoms with Crippen molar-refractivity contribution in [1.29, 1.82) is 0 Å². The number of hydrogen-bond acceptors (Lipinski definition) is 5. The number of halogens is 1. The van der Waals surface area contributed by atoms with Crippen LogP contribution < -0.4 is 10.8 Å². The number of nitrogens with one attached hydrogen (secondary N) is 2. The molecule has 4 rings (SSSR count). The molecule has 2 saturated heterocycles. The van der Waals surface area contributed by atoms with Gasteiger partial charge in [0.25, 0.3) is 5.91 Å². The molecule has 0 saturated carbocycles. The van der Waals surface area contributed by atoms with Crippen LogP contribution in [0.4, 0.5) is 4.39 Å².